The molecule has 0 saturated heterocycles. The van der Waals surface area contributed by atoms with Gasteiger partial charge in [-0.05, 0) is 47.1 Å². The van der Waals surface area contributed by atoms with Gasteiger partial charge in [-0.2, -0.15) is 11.3 Å². The Balaban J connectivity index is 2.77. The minimum atomic E-state index is 0.811. The SMILES string of the molecule is CCCC(CC)c1cscc1CC. The maximum Gasteiger partial charge on any atom is -0.00556 e. The molecule has 0 amide bonds. The number of hydrogen-bond donors (Lipinski definition) is 0. The highest BCUT2D eigenvalue weighted by Crippen LogP contribution is 2.30. The predicted octanol–water partition coefficient (Wildman–Crippen LogP) is 4.60. The zero-order valence-corrected chi connectivity index (χ0v) is 9.79. The van der Waals surface area contributed by atoms with E-state index >= 15 is 0 Å². The molecular weight excluding hydrogens is 176 g/mol. The van der Waals surface area contributed by atoms with E-state index in [0.29, 0.717) is 0 Å². The van der Waals surface area contributed by atoms with Gasteiger partial charge in [0.15, 0.2) is 0 Å². The fourth-order valence-electron chi connectivity index (χ4n) is 1.91. The molecular formula is C12H20S. The second-order valence-corrected chi connectivity index (χ2v) is 4.34. The monoisotopic (exact) mass is 196 g/mol. The van der Waals surface area contributed by atoms with Crippen LogP contribution >= 0.6 is 11.3 Å². The van der Waals surface area contributed by atoms with Gasteiger partial charge in [0.2, 0.25) is 0 Å². The molecule has 1 aromatic rings. The van der Waals surface area contributed by atoms with E-state index < -0.39 is 0 Å². The maximum atomic E-state index is 2.35. The molecule has 0 N–H and O–H groups in total. The normalized spacial score (nSPS) is 13.2. The fraction of sp³-hybridized carbons (Fsp3) is 0.667. The second kappa shape index (κ2) is 5.43. The lowest BCUT2D eigenvalue weighted by Gasteiger charge is -2.14. The van der Waals surface area contributed by atoms with Gasteiger partial charge in [-0.1, -0.05) is 27.2 Å². The summed E-state index contributed by atoms with van der Waals surface area (Å²) in [7, 11) is 0. The van der Waals surface area contributed by atoms with Crippen molar-refractivity contribution in [3.63, 3.8) is 0 Å². The van der Waals surface area contributed by atoms with Gasteiger partial charge in [0.05, 0.1) is 0 Å². The molecule has 1 heteroatoms. The number of hydrogen-bond acceptors (Lipinski definition) is 1. The van der Waals surface area contributed by atoms with Crippen LogP contribution in [0.2, 0.25) is 0 Å². The molecule has 1 heterocycles. The van der Waals surface area contributed by atoms with E-state index in [2.05, 4.69) is 31.5 Å². The second-order valence-electron chi connectivity index (χ2n) is 3.60. The summed E-state index contributed by atoms with van der Waals surface area (Å²) in [5.74, 6) is 0.811. The molecule has 0 nitrogen and oxygen atoms in total. The Bertz CT molecular complexity index is 237. The van der Waals surface area contributed by atoms with Gasteiger partial charge in [-0.15, -0.1) is 0 Å². The van der Waals surface area contributed by atoms with E-state index in [1.165, 1.54) is 25.7 Å². The lowest BCUT2D eigenvalue weighted by atomic mass is 9.91. The van der Waals surface area contributed by atoms with Crippen molar-refractivity contribution in [2.75, 3.05) is 0 Å². The Labute approximate surface area is 86.0 Å². The summed E-state index contributed by atoms with van der Waals surface area (Å²) in [5.41, 5.74) is 3.20. The fourth-order valence-corrected chi connectivity index (χ4v) is 2.93. The van der Waals surface area contributed by atoms with Crippen molar-refractivity contribution in [3.8, 4) is 0 Å². The van der Waals surface area contributed by atoms with Crippen molar-refractivity contribution in [1.82, 2.24) is 0 Å². The molecule has 1 rings (SSSR count). The van der Waals surface area contributed by atoms with E-state index in [1.807, 2.05) is 11.3 Å². The van der Waals surface area contributed by atoms with Gasteiger partial charge in [0, 0.05) is 0 Å². The quantitative estimate of drug-likeness (QED) is 0.645. The summed E-state index contributed by atoms with van der Waals surface area (Å²) in [4.78, 5) is 0. The maximum absolute atomic E-state index is 2.35. The molecule has 0 spiro atoms. The highest BCUT2D eigenvalue weighted by Gasteiger charge is 2.12. The largest absolute Gasteiger partial charge is 0.152 e. The van der Waals surface area contributed by atoms with E-state index in [4.69, 9.17) is 0 Å². The van der Waals surface area contributed by atoms with Crippen LogP contribution in [0.25, 0.3) is 0 Å². The van der Waals surface area contributed by atoms with Crippen LogP contribution in [0.4, 0.5) is 0 Å². The van der Waals surface area contributed by atoms with E-state index in [0.717, 1.165) is 5.92 Å². The molecule has 0 aromatic carbocycles. The lowest BCUT2D eigenvalue weighted by Crippen LogP contribution is -1.98. The molecule has 0 aliphatic carbocycles. The molecule has 0 aliphatic heterocycles. The van der Waals surface area contributed by atoms with Crippen molar-refractivity contribution in [3.05, 3.63) is 21.9 Å². The first kappa shape index (κ1) is 10.8. The Kier molecular flexibility index (Phi) is 4.51. The zero-order valence-electron chi connectivity index (χ0n) is 8.97. The van der Waals surface area contributed by atoms with Crippen molar-refractivity contribution >= 4 is 11.3 Å². The van der Waals surface area contributed by atoms with Crippen LogP contribution in [0.3, 0.4) is 0 Å². The van der Waals surface area contributed by atoms with E-state index in [1.54, 1.807) is 11.1 Å². The molecule has 1 aromatic heterocycles. The minimum Gasteiger partial charge on any atom is -0.152 e. The Morgan fingerprint density at radius 1 is 1.23 bits per heavy atom. The van der Waals surface area contributed by atoms with Gasteiger partial charge < -0.3 is 0 Å². The molecule has 0 bridgehead atoms. The zero-order chi connectivity index (χ0) is 9.68. The number of rotatable bonds is 5. The summed E-state index contributed by atoms with van der Waals surface area (Å²) in [6, 6.07) is 0. The average molecular weight is 196 g/mol. The van der Waals surface area contributed by atoms with Crippen LogP contribution in [0, 0.1) is 0 Å². The molecule has 0 fully saturated rings. The van der Waals surface area contributed by atoms with Gasteiger partial charge in [-0.3, -0.25) is 0 Å². The lowest BCUT2D eigenvalue weighted by molar-refractivity contribution is 0.593. The standard InChI is InChI=1S/C12H20S/c1-4-7-10(5-2)12-9-13-8-11(12)6-3/h8-10H,4-7H2,1-3H3. The highest BCUT2D eigenvalue weighted by atomic mass is 32.1. The van der Waals surface area contributed by atoms with Crippen LogP contribution in [0.1, 0.15) is 57.1 Å². The van der Waals surface area contributed by atoms with Gasteiger partial charge in [0.25, 0.3) is 0 Å². The van der Waals surface area contributed by atoms with Crippen molar-refractivity contribution in [1.29, 1.82) is 0 Å². The number of aryl methyl sites for hydroxylation is 1. The molecule has 74 valence electrons. The van der Waals surface area contributed by atoms with E-state index in [-0.39, 0.29) is 0 Å². The first-order valence-electron chi connectivity index (χ1n) is 5.38. The van der Waals surface area contributed by atoms with Crippen LogP contribution in [0.15, 0.2) is 10.8 Å². The smallest absolute Gasteiger partial charge is 0.00556 e. The topological polar surface area (TPSA) is 0 Å². The first-order valence-corrected chi connectivity index (χ1v) is 6.32. The van der Waals surface area contributed by atoms with Crippen molar-refractivity contribution < 1.29 is 0 Å². The molecule has 0 saturated carbocycles. The number of thiophene rings is 1. The molecule has 13 heavy (non-hydrogen) atoms. The van der Waals surface area contributed by atoms with Crippen LogP contribution in [-0.2, 0) is 6.42 Å². The van der Waals surface area contributed by atoms with Crippen molar-refractivity contribution in [2.45, 2.75) is 52.4 Å². The molecule has 0 radical (unpaired) electrons. The Hall–Kier alpha value is -0.300. The van der Waals surface area contributed by atoms with Crippen LogP contribution < -0.4 is 0 Å². The predicted molar refractivity (Wildman–Crippen MR) is 61.6 cm³/mol. The van der Waals surface area contributed by atoms with E-state index in [9.17, 15) is 0 Å². The summed E-state index contributed by atoms with van der Waals surface area (Å²) in [5, 5.41) is 4.66. The van der Waals surface area contributed by atoms with Gasteiger partial charge in [-0.25, -0.2) is 0 Å². The van der Waals surface area contributed by atoms with Crippen molar-refractivity contribution in [2.24, 2.45) is 0 Å². The van der Waals surface area contributed by atoms with Gasteiger partial charge in [0.1, 0.15) is 0 Å². The summed E-state index contributed by atoms with van der Waals surface area (Å²) < 4.78 is 0. The Morgan fingerprint density at radius 2 is 2.00 bits per heavy atom. The van der Waals surface area contributed by atoms with Gasteiger partial charge >= 0.3 is 0 Å². The molecule has 0 aliphatic rings. The highest BCUT2D eigenvalue weighted by molar-refractivity contribution is 7.08. The third-order valence-electron chi connectivity index (χ3n) is 2.73. The van der Waals surface area contributed by atoms with Crippen LogP contribution in [0.5, 0.6) is 0 Å². The third kappa shape index (κ3) is 2.57. The van der Waals surface area contributed by atoms with Crippen LogP contribution in [-0.4, -0.2) is 0 Å². The Morgan fingerprint density at radius 3 is 2.54 bits per heavy atom. The summed E-state index contributed by atoms with van der Waals surface area (Å²) in [6.07, 6.45) is 5.13. The molecule has 1 atom stereocenters. The third-order valence-corrected chi connectivity index (χ3v) is 3.54. The molecule has 1 unspecified atom stereocenters. The minimum absolute atomic E-state index is 0.811. The average Bonchev–Trinajstić information content (AvgIpc) is 2.61. The summed E-state index contributed by atoms with van der Waals surface area (Å²) in [6.45, 7) is 6.84. The first-order chi connectivity index (χ1) is 6.33. The summed E-state index contributed by atoms with van der Waals surface area (Å²) >= 11 is 1.86.